The van der Waals surface area contributed by atoms with Crippen LogP contribution in [0, 0.1) is 58.2 Å². The zero-order valence-electron chi connectivity index (χ0n) is 14.5. The number of hydrogen-bond acceptors (Lipinski definition) is 1. The smallest absolute Gasteiger partial charge is 0.200 e. The molecule has 0 N–H and O–H groups in total. The highest BCUT2D eigenvalue weighted by Crippen LogP contribution is 2.48. The molecule has 0 saturated heterocycles. The summed E-state index contributed by atoms with van der Waals surface area (Å²) in [5, 5.41) is -0.454. The first-order chi connectivity index (χ1) is 14.6. The van der Waals surface area contributed by atoms with Crippen molar-refractivity contribution in [3.63, 3.8) is 0 Å². The summed E-state index contributed by atoms with van der Waals surface area (Å²) in [6.07, 6.45) is 0. The Morgan fingerprint density at radius 3 is 0.935 bits per heavy atom. The van der Waals surface area contributed by atoms with Gasteiger partial charge >= 0.3 is 0 Å². The normalized spacial score (nSPS) is 11.5. The third-order valence-corrected chi connectivity index (χ3v) is 5.75. The van der Waals surface area contributed by atoms with Crippen molar-refractivity contribution in [1.29, 1.82) is 0 Å². The fourth-order valence-corrected chi connectivity index (χ4v) is 4.41. The molecule has 31 heavy (non-hydrogen) atoms. The van der Waals surface area contributed by atoms with E-state index < -0.39 is 79.1 Å². The Morgan fingerprint density at radius 2 is 0.645 bits per heavy atom. The predicted molar refractivity (Wildman–Crippen MR) is 92.3 cm³/mol. The standard InChI is InChI=1S/C20H4F10S/c21-9-7(10(22)14(26)17(29)13(9)25)19-5-3-1-2-4-6(5)20(31-19)8-11(23)15(27)18(30)16(28)12(8)24/h1-4H. The lowest BCUT2D eigenvalue weighted by Gasteiger charge is -2.07. The van der Waals surface area contributed by atoms with Crippen molar-refractivity contribution in [1.82, 2.24) is 0 Å². The summed E-state index contributed by atoms with van der Waals surface area (Å²) in [5.74, 6) is -22.7. The van der Waals surface area contributed by atoms with Crippen LogP contribution in [0.15, 0.2) is 24.3 Å². The van der Waals surface area contributed by atoms with Gasteiger partial charge in [-0.3, -0.25) is 0 Å². The van der Waals surface area contributed by atoms with Crippen LogP contribution in [0.4, 0.5) is 43.9 Å². The summed E-state index contributed by atoms with van der Waals surface area (Å²) in [4.78, 5) is -1.30. The second kappa shape index (κ2) is 7.26. The number of fused-ring (bicyclic) bond motifs is 1. The fraction of sp³-hybridized carbons (Fsp3) is 0. The first-order valence-corrected chi connectivity index (χ1v) is 8.94. The van der Waals surface area contributed by atoms with Gasteiger partial charge < -0.3 is 0 Å². The number of rotatable bonds is 2. The van der Waals surface area contributed by atoms with Gasteiger partial charge in [0.25, 0.3) is 0 Å². The molecule has 11 heteroatoms. The lowest BCUT2D eigenvalue weighted by Crippen LogP contribution is -2.03. The van der Waals surface area contributed by atoms with Crippen LogP contribution in [-0.2, 0) is 0 Å². The third kappa shape index (κ3) is 2.90. The number of hydrogen-bond donors (Lipinski definition) is 0. The Labute approximate surface area is 170 Å². The lowest BCUT2D eigenvalue weighted by molar-refractivity contribution is 0.381. The SMILES string of the molecule is Fc1c(F)c(F)c(-c2sc(-c3c(F)c(F)c(F)c(F)c3F)c3ccccc23)c(F)c1F. The van der Waals surface area contributed by atoms with Gasteiger partial charge in [-0.1, -0.05) is 24.3 Å². The molecular formula is C20H4F10S. The van der Waals surface area contributed by atoms with E-state index in [1.165, 1.54) is 12.1 Å². The minimum atomic E-state index is -2.42. The van der Waals surface area contributed by atoms with Crippen molar-refractivity contribution in [3.05, 3.63) is 82.4 Å². The van der Waals surface area contributed by atoms with E-state index in [1.54, 1.807) is 0 Å². The van der Waals surface area contributed by atoms with Gasteiger partial charge in [0, 0.05) is 20.5 Å². The summed E-state index contributed by atoms with van der Waals surface area (Å²) in [6, 6.07) is 4.84. The van der Waals surface area contributed by atoms with Crippen LogP contribution in [0.1, 0.15) is 0 Å². The van der Waals surface area contributed by atoms with Crippen LogP contribution in [-0.4, -0.2) is 0 Å². The van der Waals surface area contributed by atoms with E-state index in [4.69, 9.17) is 0 Å². The van der Waals surface area contributed by atoms with Crippen LogP contribution >= 0.6 is 11.3 Å². The molecule has 160 valence electrons. The topological polar surface area (TPSA) is 0 Å². The van der Waals surface area contributed by atoms with E-state index >= 15 is 0 Å². The van der Waals surface area contributed by atoms with Crippen molar-refractivity contribution in [2.75, 3.05) is 0 Å². The van der Waals surface area contributed by atoms with E-state index in [0.717, 1.165) is 12.1 Å². The highest BCUT2D eigenvalue weighted by atomic mass is 32.1. The molecule has 0 saturated carbocycles. The summed E-state index contributed by atoms with van der Waals surface area (Å²) in [6.45, 7) is 0. The maximum atomic E-state index is 14.3. The van der Waals surface area contributed by atoms with Gasteiger partial charge in [0.05, 0.1) is 11.1 Å². The molecule has 0 unspecified atom stereocenters. The quantitative estimate of drug-likeness (QED) is 0.162. The number of benzene rings is 3. The van der Waals surface area contributed by atoms with Gasteiger partial charge in [-0.15, -0.1) is 11.3 Å². The van der Waals surface area contributed by atoms with Gasteiger partial charge in [0.1, 0.15) is 0 Å². The average molecular weight is 466 g/mol. The molecule has 0 amide bonds. The van der Waals surface area contributed by atoms with E-state index in [2.05, 4.69) is 0 Å². The maximum Gasteiger partial charge on any atom is 0.200 e. The van der Waals surface area contributed by atoms with Crippen LogP contribution in [0.3, 0.4) is 0 Å². The zero-order chi connectivity index (χ0) is 22.8. The van der Waals surface area contributed by atoms with Crippen molar-refractivity contribution < 1.29 is 43.9 Å². The van der Waals surface area contributed by atoms with Gasteiger partial charge in [-0.05, 0) is 0 Å². The van der Waals surface area contributed by atoms with Crippen LogP contribution in [0.2, 0.25) is 0 Å². The Bertz CT molecular complexity index is 1230. The lowest BCUT2D eigenvalue weighted by atomic mass is 10.0. The zero-order valence-corrected chi connectivity index (χ0v) is 15.3. The molecular weight excluding hydrogens is 462 g/mol. The van der Waals surface area contributed by atoms with Gasteiger partial charge in [-0.2, -0.15) is 0 Å². The summed E-state index contributed by atoms with van der Waals surface area (Å²) in [5.41, 5.74) is -2.79. The molecule has 1 aromatic heterocycles. The molecule has 0 atom stereocenters. The molecule has 3 aromatic carbocycles. The second-order valence-corrected chi connectivity index (χ2v) is 7.22. The second-order valence-electron chi connectivity index (χ2n) is 6.20. The summed E-state index contributed by atoms with van der Waals surface area (Å²) < 4.78 is 139. The van der Waals surface area contributed by atoms with Crippen LogP contribution in [0.25, 0.3) is 31.7 Å². The molecule has 0 radical (unpaired) electrons. The highest BCUT2D eigenvalue weighted by Gasteiger charge is 2.32. The Kier molecular flexibility index (Phi) is 4.95. The Hall–Kier alpha value is -3.08. The summed E-state index contributed by atoms with van der Waals surface area (Å²) >= 11 is 0.111. The minimum Gasteiger partial charge on any atom is -0.203 e. The first kappa shape index (κ1) is 21.2. The van der Waals surface area contributed by atoms with E-state index in [9.17, 15) is 43.9 Å². The van der Waals surface area contributed by atoms with Crippen LogP contribution in [0.5, 0.6) is 0 Å². The van der Waals surface area contributed by atoms with Gasteiger partial charge in [0.15, 0.2) is 46.5 Å². The molecule has 0 bridgehead atoms. The molecule has 1 heterocycles. The van der Waals surface area contributed by atoms with E-state index in [0.29, 0.717) is 0 Å². The predicted octanol–water partition coefficient (Wildman–Crippen LogP) is 7.63. The molecule has 0 aliphatic carbocycles. The van der Waals surface area contributed by atoms with Gasteiger partial charge in [0.2, 0.25) is 11.6 Å². The van der Waals surface area contributed by atoms with Crippen molar-refractivity contribution in [3.8, 4) is 20.9 Å². The van der Waals surface area contributed by atoms with Crippen molar-refractivity contribution in [2.24, 2.45) is 0 Å². The fourth-order valence-electron chi connectivity index (χ4n) is 3.07. The van der Waals surface area contributed by atoms with Gasteiger partial charge in [-0.25, -0.2) is 43.9 Å². The van der Waals surface area contributed by atoms with E-state index in [1.807, 2.05) is 0 Å². The largest absolute Gasteiger partial charge is 0.203 e. The van der Waals surface area contributed by atoms with Crippen molar-refractivity contribution >= 4 is 22.1 Å². The number of halogens is 10. The Morgan fingerprint density at radius 1 is 0.387 bits per heavy atom. The van der Waals surface area contributed by atoms with E-state index in [-0.39, 0.29) is 22.1 Å². The molecule has 0 aliphatic heterocycles. The molecule has 0 spiro atoms. The summed E-state index contributed by atoms with van der Waals surface area (Å²) in [7, 11) is 0. The molecule has 4 aromatic rings. The number of thiophene rings is 1. The molecule has 0 fully saturated rings. The highest BCUT2D eigenvalue weighted by molar-refractivity contribution is 7.21. The molecule has 0 aliphatic rings. The molecule has 0 nitrogen and oxygen atoms in total. The minimum absolute atomic E-state index is 0.111. The first-order valence-electron chi connectivity index (χ1n) is 8.13. The molecule has 4 rings (SSSR count). The monoisotopic (exact) mass is 466 g/mol. The average Bonchev–Trinajstić information content (AvgIpc) is 3.13. The third-order valence-electron chi connectivity index (χ3n) is 4.49. The Balaban J connectivity index is 2.16. The van der Waals surface area contributed by atoms with Crippen molar-refractivity contribution in [2.45, 2.75) is 0 Å². The maximum absolute atomic E-state index is 14.3. The van der Waals surface area contributed by atoms with Crippen LogP contribution < -0.4 is 0 Å².